The summed E-state index contributed by atoms with van der Waals surface area (Å²) in [6.07, 6.45) is 16.7. The maximum atomic E-state index is 10.9. The predicted octanol–water partition coefficient (Wildman–Crippen LogP) is 7.35. The summed E-state index contributed by atoms with van der Waals surface area (Å²) in [5.74, 6) is 0.279. The molecule has 2 rings (SSSR count). The van der Waals surface area contributed by atoms with Gasteiger partial charge in [0.25, 0.3) is 0 Å². The molecular formula is C25H42O2. The van der Waals surface area contributed by atoms with Gasteiger partial charge in [-0.3, -0.25) is 0 Å². The number of hydrogen-bond acceptors (Lipinski definition) is 2. The molecule has 0 spiro atoms. The lowest BCUT2D eigenvalue weighted by Crippen LogP contribution is -2.28. The number of aliphatic hydroxyl groups is 1. The zero-order valence-corrected chi connectivity index (χ0v) is 18.0. The molecule has 1 aliphatic carbocycles. The highest BCUT2D eigenvalue weighted by Gasteiger charge is 2.34. The molecule has 1 aromatic carbocycles. The standard InChI is InChI=1S/C25H42O2/c1-4-5-6-7-8-9-10-12-17-24(2,3)21-15-16-22(23(26)20-21)25(27)18-13-11-14-19-25/h15-16,20,26-27H,4-14,17-19H2,1-3H3. The van der Waals surface area contributed by atoms with Crippen molar-refractivity contribution < 1.29 is 10.2 Å². The monoisotopic (exact) mass is 374 g/mol. The Labute approximate surface area is 167 Å². The van der Waals surface area contributed by atoms with Crippen molar-refractivity contribution in [3.63, 3.8) is 0 Å². The molecule has 0 saturated heterocycles. The lowest BCUT2D eigenvalue weighted by molar-refractivity contribution is -0.00255. The topological polar surface area (TPSA) is 40.5 Å². The maximum Gasteiger partial charge on any atom is 0.121 e. The summed E-state index contributed by atoms with van der Waals surface area (Å²) < 4.78 is 0. The van der Waals surface area contributed by atoms with Crippen LogP contribution in [0.15, 0.2) is 18.2 Å². The highest BCUT2D eigenvalue weighted by molar-refractivity contribution is 5.42. The van der Waals surface area contributed by atoms with Crippen molar-refractivity contribution in [2.24, 2.45) is 0 Å². The Hall–Kier alpha value is -1.02. The second-order valence-electron chi connectivity index (χ2n) is 9.43. The second kappa shape index (κ2) is 10.5. The number of phenolic OH excluding ortho intramolecular Hbond substituents is 1. The Kier molecular flexibility index (Phi) is 8.66. The molecular weight excluding hydrogens is 332 g/mol. The average molecular weight is 375 g/mol. The molecule has 154 valence electrons. The van der Waals surface area contributed by atoms with E-state index < -0.39 is 5.60 Å². The Morgan fingerprint density at radius 3 is 2.07 bits per heavy atom. The largest absolute Gasteiger partial charge is 0.508 e. The molecule has 1 saturated carbocycles. The fourth-order valence-corrected chi connectivity index (χ4v) is 4.60. The summed E-state index contributed by atoms with van der Waals surface area (Å²) in [6.45, 7) is 6.82. The van der Waals surface area contributed by atoms with Crippen LogP contribution in [-0.4, -0.2) is 10.2 Å². The Morgan fingerprint density at radius 2 is 1.48 bits per heavy atom. The van der Waals surface area contributed by atoms with Crippen molar-refractivity contribution in [3.8, 4) is 5.75 Å². The van der Waals surface area contributed by atoms with E-state index in [1.54, 1.807) is 0 Å². The van der Waals surface area contributed by atoms with Crippen LogP contribution < -0.4 is 0 Å². The van der Waals surface area contributed by atoms with E-state index in [9.17, 15) is 10.2 Å². The van der Waals surface area contributed by atoms with Gasteiger partial charge >= 0.3 is 0 Å². The van der Waals surface area contributed by atoms with Gasteiger partial charge < -0.3 is 10.2 Å². The van der Waals surface area contributed by atoms with Crippen molar-refractivity contribution in [1.29, 1.82) is 0 Å². The van der Waals surface area contributed by atoms with E-state index in [-0.39, 0.29) is 11.2 Å². The van der Waals surface area contributed by atoms with E-state index in [0.717, 1.165) is 37.7 Å². The van der Waals surface area contributed by atoms with Crippen molar-refractivity contribution >= 4 is 0 Å². The Bertz CT molecular complexity index is 555. The molecule has 0 bridgehead atoms. The van der Waals surface area contributed by atoms with E-state index >= 15 is 0 Å². The summed E-state index contributed by atoms with van der Waals surface area (Å²) >= 11 is 0. The molecule has 2 heteroatoms. The van der Waals surface area contributed by atoms with E-state index in [4.69, 9.17) is 0 Å². The maximum absolute atomic E-state index is 10.9. The average Bonchev–Trinajstić information content (AvgIpc) is 2.64. The number of unbranched alkanes of at least 4 members (excludes halogenated alkanes) is 7. The summed E-state index contributed by atoms with van der Waals surface area (Å²) in [4.78, 5) is 0. The van der Waals surface area contributed by atoms with Crippen LogP contribution >= 0.6 is 0 Å². The molecule has 0 amide bonds. The molecule has 0 radical (unpaired) electrons. The van der Waals surface area contributed by atoms with E-state index in [0.29, 0.717) is 0 Å². The van der Waals surface area contributed by atoms with Crippen LogP contribution in [0.1, 0.15) is 122 Å². The van der Waals surface area contributed by atoms with Crippen LogP contribution in [0.2, 0.25) is 0 Å². The summed E-state index contributed by atoms with van der Waals surface area (Å²) in [6, 6.07) is 6.02. The van der Waals surface area contributed by atoms with Crippen LogP contribution in [-0.2, 0) is 11.0 Å². The van der Waals surface area contributed by atoms with Crippen molar-refractivity contribution in [2.45, 2.75) is 122 Å². The van der Waals surface area contributed by atoms with Crippen LogP contribution in [0.4, 0.5) is 0 Å². The first-order valence-corrected chi connectivity index (χ1v) is 11.5. The molecule has 1 aliphatic rings. The first kappa shape index (κ1) is 22.3. The fourth-order valence-electron chi connectivity index (χ4n) is 4.60. The zero-order chi connectivity index (χ0) is 19.8. The van der Waals surface area contributed by atoms with Crippen LogP contribution in [0.3, 0.4) is 0 Å². The van der Waals surface area contributed by atoms with Gasteiger partial charge in [-0.25, -0.2) is 0 Å². The fraction of sp³-hybridized carbons (Fsp3) is 0.760. The summed E-state index contributed by atoms with van der Waals surface area (Å²) in [7, 11) is 0. The SMILES string of the molecule is CCCCCCCCCCC(C)(C)c1ccc(C2(O)CCCCC2)c(O)c1. The van der Waals surface area contributed by atoms with Gasteiger partial charge in [0.2, 0.25) is 0 Å². The van der Waals surface area contributed by atoms with Crippen molar-refractivity contribution in [2.75, 3.05) is 0 Å². The highest BCUT2D eigenvalue weighted by Crippen LogP contribution is 2.42. The van der Waals surface area contributed by atoms with E-state index in [2.05, 4.69) is 26.8 Å². The number of rotatable bonds is 11. The molecule has 1 fully saturated rings. The molecule has 0 aliphatic heterocycles. The minimum absolute atomic E-state index is 0.0629. The van der Waals surface area contributed by atoms with Gasteiger partial charge in [0.1, 0.15) is 5.75 Å². The van der Waals surface area contributed by atoms with Crippen LogP contribution in [0.5, 0.6) is 5.75 Å². The lowest BCUT2D eigenvalue weighted by atomic mass is 9.76. The molecule has 2 N–H and O–H groups in total. The smallest absolute Gasteiger partial charge is 0.121 e. The third-order valence-corrected chi connectivity index (χ3v) is 6.62. The zero-order valence-electron chi connectivity index (χ0n) is 18.0. The first-order chi connectivity index (χ1) is 12.9. The third kappa shape index (κ3) is 6.52. The van der Waals surface area contributed by atoms with E-state index in [1.165, 1.54) is 63.4 Å². The third-order valence-electron chi connectivity index (χ3n) is 6.62. The predicted molar refractivity (Wildman–Crippen MR) is 115 cm³/mol. The Balaban J connectivity index is 1.86. The van der Waals surface area contributed by atoms with Gasteiger partial charge in [0, 0.05) is 5.56 Å². The summed E-state index contributed by atoms with van der Waals surface area (Å²) in [5, 5.41) is 21.6. The lowest BCUT2D eigenvalue weighted by Gasteiger charge is -2.34. The number of phenols is 1. The highest BCUT2D eigenvalue weighted by atomic mass is 16.3. The molecule has 0 heterocycles. The molecule has 0 aromatic heterocycles. The van der Waals surface area contributed by atoms with E-state index in [1.807, 2.05) is 12.1 Å². The van der Waals surface area contributed by atoms with Crippen molar-refractivity contribution in [1.82, 2.24) is 0 Å². The normalized spacial score (nSPS) is 17.2. The van der Waals surface area contributed by atoms with Gasteiger partial charge in [0.15, 0.2) is 0 Å². The molecule has 1 aromatic rings. The van der Waals surface area contributed by atoms with Gasteiger partial charge in [-0.05, 0) is 36.3 Å². The van der Waals surface area contributed by atoms with Gasteiger partial charge in [0.05, 0.1) is 5.60 Å². The minimum atomic E-state index is -0.831. The first-order valence-electron chi connectivity index (χ1n) is 11.5. The molecule has 2 nitrogen and oxygen atoms in total. The minimum Gasteiger partial charge on any atom is -0.508 e. The molecule has 27 heavy (non-hydrogen) atoms. The van der Waals surface area contributed by atoms with Crippen LogP contribution in [0, 0.1) is 0 Å². The van der Waals surface area contributed by atoms with Gasteiger partial charge in [-0.1, -0.05) is 104 Å². The van der Waals surface area contributed by atoms with Gasteiger partial charge in [-0.15, -0.1) is 0 Å². The molecule has 0 atom stereocenters. The number of benzene rings is 1. The molecule has 0 unspecified atom stereocenters. The van der Waals surface area contributed by atoms with Crippen molar-refractivity contribution in [3.05, 3.63) is 29.3 Å². The summed E-state index contributed by atoms with van der Waals surface area (Å²) in [5.41, 5.74) is 1.15. The van der Waals surface area contributed by atoms with Crippen LogP contribution in [0.25, 0.3) is 0 Å². The second-order valence-corrected chi connectivity index (χ2v) is 9.43. The number of aromatic hydroxyl groups is 1. The van der Waals surface area contributed by atoms with Gasteiger partial charge in [-0.2, -0.15) is 0 Å². The Morgan fingerprint density at radius 1 is 0.889 bits per heavy atom. The number of hydrogen-bond donors (Lipinski definition) is 2. The quantitative estimate of drug-likeness (QED) is 0.397.